The van der Waals surface area contributed by atoms with Crippen molar-refractivity contribution in [3.8, 4) is 0 Å². The van der Waals surface area contributed by atoms with Gasteiger partial charge < -0.3 is 5.43 Å². The van der Waals surface area contributed by atoms with E-state index in [9.17, 15) is 0 Å². The average Bonchev–Trinajstić information content (AvgIpc) is 2.85. The summed E-state index contributed by atoms with van der Waals surface area (Å²) in [4.78, 5) is 4.68. The largest absolute Gasteiger partial charge is 0.308 e. The number of hydrazine groups is 1. The van der Waals surface area contributed by atoms with E-state index in [1.54, 1.807) is 11.3 Å². The lowest BCUT2D eigenvalue weighted by atomic mass is 10.2. The fourth-order valence-corrected chi connectivity index (χ4v) is 2.84. The van der Waals surface area contributed by atoms with E-state index in [-0.39, 0.29) is 0 Å². The molecular formula is C11H17N3S. The molecule has 3 nitrogen and oxygen atoms in total. The first-order valence-electron chi connectivity index (χ1n) is 5.39. The first kappa shape index (κ1) is 10.6. The molecule has 0 unspecified atom stereocenters. The topological polar surface area (TPSA) is 50.4 Å². The smallest absolute Gasteiger partial charge is 0.143 e. The highest BCUT2D eigenvalue weighted by Gasteiger charge is 2.15. The van der Waals surface area contributed by atoms with Crippen molar-refractivity contribution in [1.29, 1.82) is 0 Å². The van der Waals surface area contributed by atoms with Crippen molar-refractivity contribution in [2.75, 3.05) is 0 Å². The summed E-state index contributed by atoms with van der Waals surface area (Å²) in [7, 11) is 0. The predicted octanol–water partition coefficient (Wildman–Crippen LogP) is 2.21. The van der Waals surface area contributed by atoms with Gasteiger partial charge in [0, 0.05) is 10.9 Å². The van der Waals surface area contributed by atoms with Crippen LogP contribution in [0.15, 0.2) is 15.8 Å². The molecule has 0 bridgehead atoms. The van der Waals surface area contributed by atoms with Gasteiger partial charge in [0.05, 0.1) is 6.04 Å². The zero-order chi connectivity index (χ0) is 10.7. The van der Waals surface area contributed by atoms with Crippen LogP contribution in [0.2, 0.25) is 0 Å². The molecule has 1 aromatic heterocycles. The summed E-state index contributed by atoms with van der Waals surface area (Å²) in [5.41, 5.74) is 5.12. The molecule has 1 aliphatic carbocycles. The highest BCUT2D eigenvalue weighted by Crippen LogP contribution is 2.22. The maximum Gasteiger partial charge on any atom is 0.143 e. The van der Waals surface area contributed by atoms with Gasteiger partial charge >= 0.3 is 0 Å². The molecule has 0 saturated heterocycles. The molecular weight excluding hydrogens is 206 g/mol. The molecule has 4 heteroatoms. The number of thiophene rings is 1. The van der Waals surface area contributed by atoms with Crippen molar-refractivity contribution in [3.05, 3.63) is 21.9 Å². The highest BCUT2D eigenvalue weighted by atomic mass is 32.1. The molecule has 1 fully saturated rings. The maximum absolute atomic E-state index is 5.53. The zero-order valence-electron chi connectivity index (χ0n) is 8.99. The molecule has 82 valence electrons. The number of hydrogen-bond acceptors (Lipinski definition) is 3. The van der Waals surface area contributed by atoms with Crippen LogP contribution in [-0.4, -0.2) is 11.9 Å². The molecule has 1 aliphatic rings. The molecule has 1 saturated carbocycles. The van der Waals surface area contributed by atoms with E-state index in [4.69, 9.17) is 5.84 Å². The molecule has 0 spiro atoms. The molecule has 1 aromatic rings. The Morgan fingerprint density at radius 2 is 2.20 bits per heavy atom. The van der Waals surface area contributed by atoms with Crippen LogP contribution in [-0.2, 0) is 0 Å². The van der Waals surface area contributed by atoms with Crippen LogP contribution >= 0.6 is 11.3 Å². The van der Waals surface area contributed by atoms with Crippen LogP contribution in [0.4, 0.5) is 0 Å². The lowest BCUT2D eigenvalue weighted by Crippen LogP contribution is -2.32. The van der Waals surface area contributed by atoms with Crippen LogP contribution in [0.3, 0.4) is 0 Å². The third kappa shape index (κ3) is 2.38. The fourth-order valence-electron chi connectivity index (χ4n) is 2.00. The number of nitrogens with one attached hydrogen (secondary N) is 1. The van der Waals surface area contributed by atoms with Crippen molar-refractivity contribution < 1.29 is 0 Å². The van der Waals surface area contributed by atoms with Crippen LogP contribution in [0.25, 0.3) is 0 Å². The molecule has 3 N–H and O–H groups in total. The molecule has 2 rings (SSSR count). The van der Waals surface area contributed by atoms with Crippen molar-refractivity contribution in [2.24, 2.45) is 10.8 Å². The summed E-state index contributed by atoms with van der Waals surface area (Å²) in [6, 6.07) is 0.468. The number of amidine groups is 1. The second kappa shape index (κ2) is 4.77. The minimum absolute atomic E-state index is 0.468. The number of hydrogen-bond donors (Lipinski definition) is 2. The zero-order valence-corrected chi connectivity index (χ0v) is 9.81. The molecule has 0 aliphatic heterocycles. The third-order valence-corrected chi connectivity index (χ3v) is 3.75. The normalized spacial score (nSPS) is 18.4. The maximum atomic E-state index is 5.53. The Balaban J connectivity index is 2.19. The van der Waals surface area contributed by atoms with Crippen molar-refractivity contribution >= 4 is 17.2 Å². The first-order chi connectivity index (χ1) is 7.31. The van der Waals surface area contributed by atoms with Gasteiger partial charge in [-0.3, -0.25) is 4.99 Å². The average molecular weight is 223 g/mol. The van der Waals surface area contributed by atoms with Crippen LogP contribution < -0.4 is 11.3 Å². The Hall–Kier alpha value is -0.870. The van der Waals surface area contributed by atoms with Crippen molar-refractivity contribution in [3.63, 3.8) is 0 Å². The Bertz CT molecular complexity index is 350. The minimum Gasteiger partial charge on any atom is -0.308 e. The summed E-state index contributed by atoms with van der Waals surface area (Å²) in [5, 5.41) is 4.22. The Labute approximate surface area is 94.4 Å². The molecule has 0 atom stereocenters. The molecule has 0 aromatic carbocycles. The van der Waals surface area contributed by atoms with Gasteiger partial charge in [-0.25, -0.2) is 5.84 Å². The number of aliphatic imine (C=N–C) groups is 1. The van der Waals surface area contributed by atoms with E-state index in [0.29, 0.717) is 6.04 Å². The second-order valence-corrected chi connectivity index (χ2v) is 4.77. The Morgan fingerprint density at radius 1 is 1.47 bits per heavy atom. The fraction of sp³-hybridized carbons (Fsp3) is 0.545. The SMILES string of the molecule is Cc1cscc1C(=NC1CCCC1)NN. The summed E-state index contributed by atoms with van der Waals surface area (Å²) >= 11 is 1.69. The summed E-state index contributed by atoms with van der Waals surface area (Å²) in [6.45, 7) is 2.09. The van der Waals surface area contributed by atoms with Gasteiger partial charge in [0.1, 0.15) is 5.84 Å². The summed E-state index contributed by atoms with van der Waals surface area (Å²) in [6.07, 6.45) is 5.01. The lowest BCUT2D eigenvalue weighted by Gasteiger charge is -2.09. The van der Waals surface area contributed by atoms with Gasteiger partial charge in [0.2, 0.25) is 0 Å². The standard InChI is InChI=1S/C11H17N3S/c1-8-6-15-7-10(8)11(14-12)13-9-4-2-3-5-9/h6-7,9H,2-5,12H2,1H3,(H,13,14). The minimum atomic E-state index is 0.468. The number of nitrogens with two attached hydrogens (primary N) is 1. The van der Waals surface area contributed by atoms with Gasteiger partial charge in [0.15, 0.2) is 0 Å². The monoisotopic (exact) mass is 223 g/mol. The van der Waals surface area contributed by atoms with Gasteiger partial charge in [-0.15, -0.1) is 0 Å². The van der Waals surface area contributed by atoms with Gasteiger partial charge in [-0.05, 0) is 30.7 Å². The lowest BCUT2D eigenvalue weighted by molar-refractivity contribution is 0.700. The van der Waals surface area contributed by atoms with E-state index in [1.807, 2.05) is 0 Å². The van der Waals surface area contributed by atoms with E-state index >= 15 is 0 Å². The quantitative estimate of drug-likeness (QED) is 0.349. The van der Waals surface area contributed by atoms with E-state index in [1.165, 1.54) is 31.2 Å². The van der Waals surface area contributed by atoms with Crippen molar-refractivity contribution in [1.82, 2.24) is 5.43 Å². The van der Waals surface area contributed by atoms with Gasteiger partial charge in [0.25, 0.3) is 0 Å². The molecule has 1 heterocycles. The number of aryl methyl sites for hydroxylation is 1. The van der Waals surface area contributed by atoms with Crippen LogP contribution in [0.5, 0.6) is 0 Å². The highest BCUT2D eigenvalue weighted by molar-refractivity contribution is 7.08. The van der Waals surface area contributed by atoms with Gasteiger partial charge in [-0.2, -0.15) is 11.3 Å². The number of nitrogens with zero attached hydrogens (tertiary/aromatic N) is 1. The molecule has 0 radical (unpaired) electrons. The second-order valence-electron chi connectivity index (χ2n) is 4.03. The molecule has 15 heavy (non-hydrogen) atoms. The van der Waals surface area contributed by atoms with Crippen molar-refractivity contribution in [2.45, 2.75) is 38.6 Å². The van der Waals surface area contributed by atoms with E-state index in [0.717, 1.165) is 11.4 Å². The van der Waals surface area contributed by atoms with Crippen LogP contribution in [0, 0.1) is 6.92 Å². The van der Waals surface area contributed by atoms with E-state index < -0.39 is 0 Å². The molecule has 0 amide bonds. The summed E-state index contributed by atoms with van der Waals surface area (Å²) in [5.74, 6) is 6.38. The number of rotatable bonds is 2. The Morgan fingerprint density at radius 3 is 2.73 bits per heavy atom. The summed E-state index contributed by atoms with van der Waals surface area (Å²) < 4.78 is 0. The first-order valence-corrected chi connectivity index (χ1v) is 6.33. The Kier molecular flexibility index (Phi) is 3.38. The van der Waals surface area contributed by atoms with Gasteiger partial charge in [-0.1, -0.05) is 12.8 Å². The third-order valence-electron chi connectivity index (χ3n) is 2.88. The predicted molar refractivity (Wildman–Crippen MR) is 65.2 cm³/mol. The van der Waals surface area contributed by atoms with Crippen LogP contribution in [0.1, 0.15) is 36.8 Å². The van der Waals surface area contributed by atoms with E-state index in [2.05, 4.69) is 28.1 Å².